The lowest BCUT2D eigenvalue weighted by Gasteiger charge is -1.98. The van der Waals surface area contributed by atoms with E-state index in [4.69, 9.17) is 5.26 Å². The van der Waals surface area contributed by atoms with Crippen LogP contribution in [0.15, 0.2) is 11.1 Å². The van der Waals surface area contributed by atoms with Crippen LogP contribution in [0.5, 0.6) is 0 Å². The van der Waals surface area contributed by atoms with E-state index in [0.717, 1.165) is 17.9 Å². The Kier molecular flexibility index (Phi) is 3.84. The lowest BCUT2D eigenvalue weighted by atomic mass is 10.4. The molecule has 0 spiro atoms. The topological polar surface area (TPSA) is 41.6 Å². The fraction of sp³-hybridized carbons (Fsp3) is 0.556. The summed E-state index contributed by atoms with van der Waals surface area (Å²) in [6.07, 6.45) is 1.59. The van der Waals surface area contributed by atoms with Crippen LogP contribution in [0.25, 0.3) is 0 Å². The van der Waals surface area contributed by atoms with Crippen molar-refractivity contribution in [3.63, 3.8) is 0 Å². The highest BCUT2D eigenvalue weighted by Crippen LogP contribution is 2.19. The number of thioether (sulfide) groups is 1. The summed E-state index contributed by atoms with van der Waals surface area (Å²) in [6, 6.07) is 4.20. The van der Waals surface area contributed by atoms with E-state index in [9.17, 15) is 0 Å². The van der Waals surface area contributed by atoms with E-state index in [0.29, 0.717) is 6.42 Å². The Morgan fingerprint density at radius 1 is 1.69 bits per heavy atom. The molecule has 0 bridgehead atoms. The third-order valence-electron chi connectivity index (χ3n) is 1.64. The molecule has 0 aliphatic carbocycles. The first kappa shape index (κ1) is 10.1. The molecule has 1 aromatic rings. The van der Waals surface area contributed by atoms with Gasteiger partial charge in [-0.05, 0) is 19.4 Å². The van der Waals surface area contributed by atoms with Crippen LogP contribution in [0.4, 0.5) is 0 Å². The molecule has 0 aromatic carbocycles. The Balaban J connectivity index is 2.37. The summed E-state index contributed by atoms with van der Waals surface area (Å²) in [4.78, 5) is 0. The number of hydrogen-bond donors (Lipinski definition) is 0. The molecule has 4 heteroatoms. The maximum absolute atomic E-state index is 8.35. The fourth-order valence-corrected chi connectivity index (χ4v) is 2.03. The normalized spacial score (nSPS) is 9.92. The predicted molar refractivity (Wildman–Crippen MR) is 53.5 cm³/mol. The molecule has 0 saturated carbocycles. The fourth-order valence-electron chi connectivity index (χ4n) is 1.05. The molecule has 1 aromatic heterocycles. The van der Waals surface area contributed by atoms with Gasteiger partial charge in [0.2, 0.25) is 0 Å². The molecule has 3 nitrogen and oxygen atoms in total. The van der Waals surface area contributed by atoms with Crippen LogP contribution in [0, 0.1) is 18.3 Å². The van der Waals surface area contributed by atoms with Gasteiger partial charge in [0.25, 0.3) is 0 Å². The smallest absolute Gasteiger partial charge is 0.0939 e. The van der Waals surface area contributed by atoms with E-state index in [1.165, 1.54) is 5.03 Å². The highest BCUT2D eigenvalue weighted by molar-refractivity contribution is 7.99. The minimum absolute atomic E-state index is 0.643. The predicted octanol–water partition coefficient (Wildman–Crippen LogP) is 2.12. The molecular formula is C9H13N3S. The minimum atomic E-state index is 0.643. The third kappa shape index (κ3) is 3.11. The molecule has 0 unspecified atom stereocenters. The second kappa shape index (κ2) is 4.93. The largest absolute Gasteiger partial charge is 0.262 e. The number of aromatic nitrogens is 2. The summed E-state index contributed by atoms with van der Waals surface area (Å²) in [5, 5.41) is 13.8. The van der Waals surface area contributed by atoms with Crippen LogP contribution >= 0.6 is 11.8 Å². The first-order valence-corrected chi connectivity index (χ1v) is 5.23. The van der Waals surface area contributed by atoms with Gasteiger partial charge in [-0.25, -0.2) is 0 Å². The van der Waals surface area contributed by atoms with Crippen LogP contribution in [0.3, 0.4) is 0 Å². The number of unbranched alkanes of at least 4 members (excludes halogenated alkanes) is 1. The number of aryl methyl sites for hydroxylation is 2. The van der Waals surface area contributed by atoms with Crippen LogP contribution in [-0.2, 0) is 7.05 Å². The van der Waals surface area contributed by atoms with Crippen LogP contribution in [0.1, 0.15) is 18.5 Å². The molecule has 70 valence electrons. The van der Waals surface area contributed by atoms with E-state index in [2.05, 4.69) is 17.2 Å². The standard InChI is InChI=1S/C9H13N3S/c1-8-7-9(12(2)11-8)13-6-4-3-5-10/h7H,3-4,6H2,1-2H3. The Labute approximate surface area is 82.7 Å². The van der Waals surface area contributed by atoms with Crippen molar-refractivity contribution in [3.8, 4) is 6.07 Å². The van der Waals surface area contributed by atoms with Gasteiger partial charge in [-0.15, -0.1) is 11.8 Å². The van der Waals surface area contributed by atoms with E-state index in [-0.39, 0.29) is 0 Å². The molecule has 1 heterocycles. The molecule has 0 amide bonds. The monoisotopic (exact) mass is 195 g/mol. The van der Waals surface area contributed by atoms with Crippen molar-refractivity contribution in [2.24, 2.45) is 7.05 Å². The second-order valence-electron chi connectivity index (χ2n) is 2.86. The maximum Gasteiger partial charge on any atom is 0.0939 e. The van der Waals surface area contributed by atoms with E-state index in [1.54, 1.807) is 11.8 Å². The zero-order valence-electron chi connectivity index (χ0n) is 7.95. The van der Waals surface area contributed by atoms with Crippen molar-refractivity contribution in [1.29, 1.82) is 5.26 Å². The van der Waals surface area contributed by atoms with Gasteiger partial charge in [0.15, 0.2) is 0 Å². The van der Waals surface area contributed by atoms with Crippen LogP contribution < -0.4 is 0 Å². The lowest BCUT2D eigenvalue weighted by Crippen LogP contribution is -1.92. The van der Waals surface area contributed by atoms with Crippen molar-refractivity contribution in [1.82, 2.24) is 9.78 Å². The Morgan fingerprint density at radius 3 is 3.00 bits per heavy atom. The SMILES string of the molecule is Cc1cc(SCCCC#N)n(C)n1. The number of hydrogen-bond acceptors (Lipinski definition) is 3. The minimum Gasteiger partial charge on any atom is -0.262 e. The first-order chi connectivity index (χ1) is 6.24. The third-order valence-corrected chi connectivity index (χ3v) is 2.81. The molecule has 0 radical (unpaired) electrons. The van der Waals surface area contributed by atoms with Gasteiger partial charge in [-0.3, -0.25) is 4.68 Å². The highest BCUT2D eigenvalue weighted by Gasteiger charge is 2.01. The van der Waals surface area contributed by atoms with Gasteiger partial charge in [-0.2, -0.15) is 10.4 Å². The van der Waals surface area contributed by atoms with Gasteiger partial charge in [0.05, 0.1) is 16.8 Å². The summed E-state index contributed by atoms with van der Waals surface area (Å²) in [5.74, 6) is 0.993. The molecule has 13 heavy (non-hydrogen) atoms. The molecule has 0 N–H and O–H groups in total. The summed E-state index contributed by atoms with van der Waals surface area (Å²) < 4.78 is 1.88. The number of rotatable bonds is 4. The highest BCUT2D eigenvalue weighted by atomic mass is 32.2. The van der Waals surface area contributed by atoms with Crippen molar-refractivity contribution >= 4 is 11.8 Å². The van der Waals surface area contributed by atoms with Crippen molar-refractivity contribution in [3.05, 3.63) is 11.8 Å². The van der Waals surface area contributed by atoms with E-state index >= 15 is 0 Å². The summed E-state index contributed by atoms with van der Waals surface area (Å²) in [6.45, 7) is 1.99. The van der Waals surface area contributed by atoms with Crippen molar-refractivity contribution in [2.75, 3.05) is 5.75 Å². The molecule has 0 aliphatic rings. The molecule has 0 aliphatic heterocycles. The zero-order valence-corrected chi connectivity index (χ0v) is 8.77. The first-order valence-electron chi connectivity index (χ1n) is 4.24. The molecule has 0 saturated heterocycles. The zero-order chi connectivity index (χ0) is 9.68. The summed E-state index contributed by atoms with van der Waals surface area (Å²) in [5.41, 5.74) is 1.05. The molecule has 0 fully saturated rings. The molecular weight excluding hydrogens is 182 g/mol. The van der Waals surface area contributed by atoms with Crippen molar-refractivity contribution < 1.29 is 0 Å². The lowest BCUT2D eigenvalue weighted by molar-refractivity contribution is 0.692. The van der Waals surface area contributed by atoms with Gasteiger partial charge in [0.1, 0.15) is 0 Å². The number of nitrogens with zero attached hydrogens (tertiary/aromatic N) is 3. The number of nitriles is 1. The molecule has 1 rings (SSSR count). The summed E-state index contributed by atoms with van der Waals surface area (Å²) >= 11 is 1.76. The summed E-state index contributed by atoms with van der Waals surface area (Å²) in [7, 11) is 1.94. The van der Waals surface area contributed by atoms with Crippen molar-refractivity contribution in [2.45, 2.75) is 24.8 Å². The Hall–Kier alpha value is -0.950. The van der Waals surface area contributed by atoms with Crippen LogP contribution in [-0.4, -0.2) is 15.5 Å². The van der Waals surface area contributed by atoms with Crippen LogP contribution in [0.2, 0.25) is 0 Å². The van der Waals surface area contributed by atoms with Gasteiger partial charge in [-0.1, -0.05) is 0 Å². The quantitative estimate of drug-likeness (QED) is 0.546. The second-order valence-corrected chi connectivity index (χ2v) is 3.97. The average molecular weight is 195 g/mol. The Morgan fingerprint density at radius 2 is 2.46 bits per heavy atom. The average Bonchev–Trinajstić information content (AvgIpc) is 2.39. The molecule has 0 atom stereocenters. The van der Waals surface area contributed by atoms with E-state index < -0.39 is 0 Å². The van der Waals surface area contributed by atoms with E-state index in [1.807, 2.05) is 18.7 Å². The van der Waals surface area contributed by atoms with Gasteiger partial charge in [0, 0.05) is 19.2 Å². The Bertz CT molecular complexity index is 311. The van der Waals surface area contributed by atoms with Gasteiger partial charge < -0.3 is 0 Å². The maximum atomic E-state index is 8.35. The van der Waals surface area contributed by atoms with Gasteiger partial charge >= 0.3 is 0 Å².